The van der Waals surface area contributed by atoms with Crippen molar-refractivity contribution in [3.63, 3.8) is 0 Å². The van der Waals surface area contributed by atoms with E-state index in [1.165, 1.54) is 11.3 Å². The van der Waals surface area contributed by atoms with E-state index in [9.17, 15) is 4.79 Å². The maximum Gasteiger partial charge on any atom is 0.266 e. The first-order valence-corrected chi connectivity index (χ1v) is 9.31. The predicted molar refractivity (Wildman–Crippen MR) is 98.3 cm³/mol. The first kappa shape index (κ1) is 19.0. The zero-order valence-electron chi connectivity index (χ0n) is 13.5. The maximum atomic E-state index is 12.2. The standard InChI is InChI=1S/C16H19Cl2N3O2S/c1-3-4-5-6-14-20-21-16(24-14)19-15(22)10(2)23-13-8-7-11(17)9-12(13)18/h7-10H,3-6H2,1-2H3,(H,19,21,22)/t10-/m1/s1. The van der Waals surface area contributed by atoms with Crippen LogP contribution in [0.15, 0.2) is 18.2 Å². The topological polar surface area (TPSA) is 64.1 Å². The Labute approximate surface area is 155 Å². The monoisotopic (exact) mass is 387 g/mol. The largest absolute Gasteiger partial charge is 0.479 e. The van der Waals surface area contributed by atoms with Crippen molar-refractivity contribution in [2.75, 3.05) is 5.32 Å². The molecule has 0 bridgehead atoms. The second kappa shape index (κ2) is 9.20. The summed E-state index contributed by atoms with van der Waals surface area (Å²) in [6.45, 7) is 3.80. The van der Waals surface area contributed by atoms with Gasteiger partial charge in [0.15, 0.2) is 6.10 Å². The Morgan fingerprint density at radius 3 is 2.83 bits per heavy atom. The van der Waals surface area contributed by atoms with Crippen molar-refractivity contribution in [2.45, 2.75) is 45.6 Å². The molecule has 0 aliphatic rings. The highest BCUT2D eigenvalue weighted by Crippen LogP contribution is 2.28. The first-order valence-electron chi connectivity index (χ1n) is 7.74. The number of amides is 1. The van der Waals surface area contributed by atoms with Gasteiger partial charge in [0.2, 0.25) is 5.13 Å². The lowest BCUT2D eigenvalue weighted by atomic mass is 10.2. The highest BCUT2D eigenvalue weighted by atomic mass is 35.5. The van der Waals surface area contributed by atoms with Crippen molar-refractivity contribution < 1.29 is 9.53 Å². The molecule has 1 aromatic carbocycles. The van der Waals surface area contributed by atoms with Crippen molar-refractivity contribution in [3.8, 4) is 5.75 Å². The SMILES string of the molecule is CCCCCc1nnc(NC(=O)[C@@H](C)Oc2ccc(Cl)cc2Cl)s1. The van der Waals surface area contributed by atoms with Gasteiger partial charge in [0.05, 0.1) is 5.02 Å². The Kier molecular flexibility index (Phi) is 7.27. The number of carbonyl (C=O) groups is 1. The predicted octanol–water partition coefficient (Wildman–Crippen LogP) is 4.98. The van der Waals surface area contributed by atoms with Crippen LogP contribution in [0.4, 0.5) is 5.13 Å². The summed E-state index contributed by atoms with van der Waals surface area (Å²) >= 11 is 13.3. The minimum absolute atomic E-state index is 0.308. The highest BCUT2D eigenvalue weighted by Gasteiger charge is 2.18. The minimum atomic E-state index is -0.726. The van der Waals surface area contributed by atoms with Crippen molar-refractivity contribution in [1.82, 2.24) is 10.2 Å². The maximum absolute atomic E-state index is 12.2. The Bertz CT molecular complexity index is 694. The summed E-state index contributed by atoms with van der Waals surface area (Å²) in [6, 6.07) is 4.85. The fourth-order valence-electron chi connectivity index (χ4n) is 1.95. The molecule has 1 atom stereocenters. The van der Waals surface area contributed by atoms with Gasteiger partial charge in [-0.25, -0.2) is 0 Å². The molecule has 0 aliphatic heterocycles. The molecule has 0 fully saturated rings. The molecule has 1 heterocycles. The number of ether oxygens (including phenoxy) is 1. The summed E-state index contributed by atoms with van der Waals surface area (Å²) in [7, 11) is 0. The Balaban J connectivity index is 1.89. The number of aromatic nitrogens is 2. The van der Waals surface area contributed by atoms with E-state index in [0.717, 1.165) is 30.7 Å². The van der Waals surface area contributed by atoms with Crippen LogP contribution in [0.5, 0.6) is 5.75 Å². The molecule has 24 heavy (non-hydrogen) atoms. The van der Waals surface area contributed by atoms with Gasteiger partial charge in [-0.05, 0) is 31.5 Å². The number of rotatable bonds is 8. The van der Waals surface area contributed by atoms with Crippen molar-refractivity contribution >= 4 is 45.6 Å². The average molecular weight is 388 g/mol. The lowest BCUT2D eigenvalue weighted by Gasteiger charge is -2.14. The molecule has 0 saturated heterocycles. The number of nitrogens with zero attached hydrogens (tertiary/aromatic N) is 2. The molecule has 0 saturated carbocycles. The van der Waals surface area contributed by atoms with E-state index >= 15 is 0 Å². The van der Waals surface area contributed by atoms with Crippen LogP contribution in [-0.4, -0.2) is 22.2 Å². The molecular weight excluding hydrogens is 369 g/mol. The number of benzene rings is 1. The van der Waals surface area contributed by atoms with Crippen LogP contribution in [0.25, 0.3) is 0 Å². The summed E-state index contributed by atoms with van der Waals surface area (Å²) in [5.74, 6) is 0.0958. The first-order chi connectivity index (χ1) is 11.5. The molecule has 130 valence electrons. The molecule has 0 unspecified atom stereocenters. The van der Waals surface area contributed by atoms with E-state index in [-0.39, 0.29) is 5.91 Å². The zero-order chi connectivity index (χ0) is 17.5. The summed E-state index contributed by atoms with van der Waals surface area (Å²) in [5.41, 5.74) is 0. The Hall–Kier alpha value is -1.37. The lowest BCUT2D eigenvalue weighted by molar-refractivity contribution is -0.122. The van der Waals surface area contributed by atoms with E-state index in [4.69, 9.17) is 27.9 Å². The smallest absolute Gasteiger partial charge is 0.266 e. The number of hydrogen-bond donors (Lipinski definition) is 1. The van der Waals surface area contributed by atoms with E-state index in [1.54, 1.807) is 25.1 Å². The number of halogens is 2. The van der Waals surface area contributed by atoms with Crippen LogP contribution < -0.4 is 10.1 Å². The van der Waals surface area contributed by atoms with Gasteiger partial charge >= 0.3 is 0 Å². The molecular formula is C16H19Cl2N3O2S. The molecule has 2 rings (SSSR count). The Morgan fingerprint density at radius 1 is 1.33 bits per heavy atom. The molecule has 0 aliphatic carbocycles. The summed E-state index contributed by atoms with van der Waals surface area (Å²) < 4.78 is 5.57. The number of nitrogens with one attached hydrogen (secondary N) is 1. The third kappa shape index (κ3) is 5.61. The molecule has 1 aromatic heterocycles. The van der Waals surface area contributed by atoms with Gasteiger partial charge in [-0.15, -0.1) is 10.2 Å². The van der Waals surface area contributed by atoms with Crippen LogP contribution in [-0.2, 0) is 11.2 Å². The van der Waals surface area contributed by atoms with E-state index in [1.807, 2.05) is 0 Å². The van der Waals surface area contributed by atoms with Crippen molar-refractivity contribution in [3.05, 3.63) is 33.3 Å². The number of unbranched alkanes of at least 4 members (excludes halogenated alkanes) is 2. The third-order valence-electron chi connectivity index (χ3n) is 3.26. The van der Waals surface area contributed by atoms with Crippen LogP contribution in [0, 0.1) is 0 Å². The molecule has 0 radical (unpaired) electrons. The van der Waals surface area contributed by atoms with E-state index in [0.29, 0.717) is 20.9 Å². The lowest BCUT2D eigenvalue weighted by Crippen LogP contribution is -2.30. The zero-order valence-corrected chi connectivity index (χ0v) is 15.8. The molecule has 2 aromatic rings. The van der Waals surface area contributed by atoms with Gasteiger partial charge in [0.25, 0.3) is 5.91 Å². The van der Waals surface area contributed by atoms with Gasteiger partial charge in [-0.3, -0.25) is 10.1 Å². The summed E-state index contributed by atoms with van der Waals surface area (Å²) in [4.78, 5) is 12.2. The van der Waals surface area contributed by atoms with Gasteiger partial charge in [-0.1, -0.05) is 54.3 Å². The van der Waals surface area contributed by atoms with Crippen LogP contribution in [0.2, 0.25) is 10.0 Å². The fraction of sp³-hybridized carbons (Fsp3) is 0.438. The summed E-state index contributed by atoms with van der Waals surface area (Å²) in [5, 5.41) is 13.1. The van der Waals surface area contributed by atoms with Crippen LogP contribution in [0.1, 0.15) is 38.1 Å². The number of aryl methyl sites for hydroxylation is 1. The second-order valence-electron chi connectivity index (χ2n) is 5.28. The quantitative estimate of drug-likeness (QED) is 0.648. The van der Waals surface area contributed by atoms with Gasteiger partial charge < -0.3 is 4.74 Å². The van der Waals surface area contributed by atoms with Crippen LogP contribution >= 0.6 is 34.5 Å². The van der Waals surface area contributed by atoms with E-state index < -0.39 is 6.10 Å². The average Bonchev–Trinajstić information content (AvgIpc) is 2.97. The molecule has 5 nitrogen and oxygen atoms in total. The van der Waals surface area contributed by atoms with Gasteiger partial charge in [0, 0.05) is 11.4 Å². The van der Waals surface area contributed by atoms with Crippen LogP contribution in [0.3, 0.4) is 0 Å². The molecule has 1 amide bonds. The normalized spacial score (nSPS) is 12.0. The summed E-state index contributed by atoms with van der Waals surface area (Å²) in [6.07, 6.45) is 3.55. The number of carbonyl (C=O) groups excluding carboxylic acids is 1. The van der Waals surface area contributed by atoms with Crippen molar-refractivity contribution in [1.29, 1.82) is 0 Å². The fourth-order valence-corrected chi connectivity index (χ4v) is 3.19. The molecule has 8 heteroatoms. The van der Waals surface area contributed by atoms with Crippen molar-refractivity contribution in [2.24, 2.45) is 0 Å². The van der Waals surface area contributed by atoms with E-state index in [2.05, 4.69) is 22.4 Å². The number of hydrogen-bond acceptors (Lipinski definition) is 5. The highest BCUT2D eigenvalue weighted by molar-refractivity contribution is 7.15. The third-order valence-corrected chi connectivity index (χ3v) is 4.69. The molecule has 0 spiro atoms. The molecule has 1 N–H and O–H groups in total. The minimum Gasteiger partial charge on any atom is -0.479 e. The van der Waals surface area contributed by atoms with Gasteiger partial charge in [0.1, 0.15) is 10.8 Å². The van der Waals surface area contributed by atoms with Gasteiger partial charge in [-0.2, -0.15) is 0 Å². The number of anilines is 1. The Morgan fingerprint density at radius 2 is 2.12 bits per heavy atom. The second-order valence-corrected chi connectivity index (χ2v) is 7.19.